The molecule has 2 aliphatic heterocycles. The number of rotatable bonds is 1. The molecule has 17 heavy (non-hydrogen) atoms. The van der Waals surface area contributed by atoms with Gasteiger partial charge >= 0.3 is 0 Å². The second-order valence-electron chi connectivity index (χ2n) is 3.70. The van der Waals surface area contributed by atoms with Crippen LogP contribution in [0.15, 0.2) is 47.3 Å². The van der Waals surface area contributed by atoms with E-state index in [1.165, 1.54) is 11.6 Å². The number of thioether (sulfide) groups is 1. The standard InChI is InChI=1S/C12H8ClFN2S/c13-10-3-1-7-5-9(17-12(7)16-10)8-2-4-11(14)15-6-8/h1-6,12,16H. The quantitative estimate of drug-likeness (QED) is 0.624. The van der Waals surface area contributed by atoms with Crippen LogP contribution in [0.5, 0.6) is 0 Å². The third-order valence-electron chi connectivity index (χ3n) is 2.55. The van der Waals surface area contributed by atoms with E-state index in [1.54, 1.807) is 24.0 Å². The first kappa shape index (κ1) is 10.9. The van der Waals surface area contributed by atoms with E-state index in [4.69, 9.17) is 11.6 Å². The fourth-order valence-corrected chi connectivity index (χ4v) is 3.14. The average molecular weight is 267 g/mol. The lowest BCUT2D eigenvalue weighted by molar-refractivity contribution is 0.583. The SMILES string of the molecule is Fc1ccc(C2=CC3=CC=C(Cl)NC3S2)cn1. The number of hydrogen-bond acceptors (Lipinski definition) is 3. The van der Waals surface area contributed by atoms with Gasteiger partial charge in [-0.2, -0.15) is 4.39 Å². The highest BCUT2D eigenvalue weighted by molar-refractivity contribution is 8.09. The summed E-state index contributed by atoms with van der Waals surface area (Å²) in [7, 11) is 0. The Hall–Kier alpha value is -1.26. The summed E-state index contributed by atoms with van der Waals surface area (Å²) in [6, 6.07) is 3.10. The summed E-state index contributed by atoms with van der Waals surface area (Å²) in [6.45, 7) is 0. The van der Waals surface area contributed by atoms with Crippen molar-refractivity contribution in [2.24, 2.45) is 0 Å². The van der Waals surface area contributed by atoms with Crippen LogP contribution in [0.1, 0.15) is 5.56 Å². The monoisotopic (exact) mass is 266 g/mol. The molecule has 1 aromatic heterocycles. The van der Waals surface area contributed by atoms with Gasteiger partial charge in [0, 0.05) is 16.7 Å². The Kier molecular flexibility index (Phi) is 2.68. The van der Waals surface area contributed by atoms with Crippen LogP contribution in [0.25, 0.3) is 4.91 Å². The molecular formula is C12H8ClFN2S. The van der Waals surface area contributed by atoms with Gasteiger partial charge in [0.25, 0.3) is 0 Å². The summed E-state index contributed by atoms with van der Waals surface area (Å²) in [5.41, 5.74) is 2.09. The minimum Gasteiger partial charge on any atom is -0.360 e. The van der Waals surface area contributed by atoms with Crippen molar-refractivity contribution in [2.45, 2.75) is 5.37 Å². The van der Waals surface area contributed by atoms with Crippen molar-refractivity contribution in [3.05, 3.63) is 58.8 Å². The van der Waals surface area contributed by atoms with E-state index >= 15 is 0 Å². The predicted molar refractivity (Wildman–Crippen MR) is 68.7 cm³/mol. The number of fused-ring (bicyclic) bond motifs is 1. The van der Waals surface area contributed by atoms with Gasteiger partial charge in [-0.25, -0.2) is 4.98 Å². The fraction of sp³-hybridized carbons (Fsp3) is 0.0833. The van der Waals surface area contributed by atoms with E-state index in [1.807, 2.05) is 12.2 Å². The zero-order valence-electron chi connectivity index (χ0n) is 8.65. The van der Waals surface area contributed by atoms with Gasteiger partial charge in [-0.1, -0.05) is 29.4 Å². The first-order chi connectivity index (χ1) is 8.22. The van der Waals surface area contributed by atoms with Crippen molar-refractivity contribution >= 4 is 28.3 Å². The van der Waals surface area contributed by atoms with Crippen LogP contribution in [-0.2, 0) is 0 Å². The number of pyridine rings is 1. The molecule has 2 aliphatic rings. The second-order valence-corrected chi connectivity index (χ2v) is 5.26. The Balaban J connectivity index is 1.91. The summed E-state index contributed by atoms with van der Waals surface area (Å²) in [6.07, 6.45) is 7.43. The Morgan fingerprint density at radius 2 is 2.24 bits per heavy atom. The number of aromatic nitrogens is 1. The summed E-state index contributed by atoms with van der Waals surface area (Å²) in [4.78, 5) is 4.73. The predicted octanol–water partition coefficient (Wildman–Crippen LogP) is 3.24. The van der Waals surface area contributed by atoms with Gasteiger partial charge in [0.05, 0.1) is 0 Å². The largest absolute Gasteiger partial charge is 0.360 e. The van der Waals surface area contributed by atoms with Crippen LogP contribution in [0.4, 0.5) is 4.39 Å². The maximum Gasteiger partial charge on any atom is 0.212 e. The van der Waals surface area contributed by atoms with Crippen molar-refractivity contribution in [1.82, 2.24) is 10.3 Å². The molecule has 0 spiro atoms. The number of allylic oxidation sites excluding steroid dienone is 2. The molecule has 0 aromatic carbocycles. The van der Waals surface area contributed by atoms with Gasteiger partial charge in [0.15, 0.2) is 0 Å². The third-order valence-corrected chi connectivity index (χ3v) is 4.02. The highest BCUT2D eigenvalue weighted by Gasteiger charge is 2.25. The van der Waals surface area contributed by atoms with E-state index in [0.29, 0.717) is 5.16 Å². The van der Waals surface area contributed by atoms with E-state index in [2.05, 4.69) is 16.4 Å². The molecule has 1 unspecified atom stereocenters. The molecule has 1 aromatic rings. The minimum absolute atomic E-state index is 0.146. The van der Waals surface area contributed by atoms with Crippen LogP contribution in [0, 0.1) is 5.95 Å². The van der Waals surface area contributed by atoms with E-state index in [9.17, 15) is 4.39 Å². The molecule has 0 amide bonds. The number of nitrogens with one attached hydrogen (secondary N) is 1. The lowest BCUT2D eigenvalue weighted by atomic mass is 10.1. The Labute approximate surface area is 107 Å². The summed E-state index contributed by atoms with van der Waals surface area (Å²) < 4.78 is 12.7. The lowest BCUT2D eigenvalue weighted by Gasteiger charge is -2.17. The number of nitrogens with zero attached hydrogens (tertiary/aromatic N) is 1. The number of halogens is 2. The van der Waals surface area contributed by atoms with Crippen molar-refractivity contribution in [3.8, 4) is 0 Å². The topological polar surface area (TPSA) is 24.9 Å². The van der Waals surface area contributed by atoms with Crippen molar-refractivity contribution in [2.75, 3.05) is 0 Å². The van der Waals surface area contributed by atoms with E-state index in [0.717, 1.165) is 10.5 Å². The van der Waals surface area contributed by atoms with Crippen molar-refractivity contribution in [3.63, 3.8) is 0 Å². The molecule has 0 bridgehead atoms. The summed E-state index contributed by atoms with van der Waals surface area (Å²) in [5.74, 6) is -0.461. The first-order valence-electron chi connectivity index (χ1n) is 5.06. The van der Waals surface area contributed by atoms with Crippen molar-refractivity contribution in [1.29, 1.82) is 0 Å². The lowest BCUT2D eigenvalue weighted by Crippen LogP contribution is -2.24. The fourth-order valence-electron chi connectivity index (χ4n) is 1.72. The van der Waals surface area contributed by atoms with E-state index < -0.39 is 5.95 Å². The Bertz CT molecular complexity index is 548. The van der Waals surface area contributed by atoms with Gasteiger partial charge in [-0.15, -0.1) is 0 Å². The first-order valence-corrected chi connectivity index (χ1v) is 6.32. The molecule has 0 saturated carbocycles. The molecule has 2 nitrogen and oxygen atoms in total. The molecule has 0 aliphatic carbocycles. The average Bonchev–Trinajstić information content (AvgIpc) is 2.72. The smallest absolute Gasteiger partial charge is 0.212 e. The molecular weight excluding hydrogens is 259 g/mol. The number of hydrogen-bond donors (Lipinski definition) is 1. The normalized spacial score (nSPS) is 22.2. The van der Waals surface area contributed by atoms with Crippen LogP contribution >= 0.6 is 23.4 Å². The minimum atomic E-state index is -0.461. The number of dihydropyridines is 1. The van der Waals surface area contributed by atoms with Gasteiger partial charge in [-0.05, 0) is 29.9 Å². The van der Waals surface area contributed by atoms with Gasteiger partial charge < -0.3 is 5.32 Å². The zero-order chi connectivity index (χ0) is 11.8. The van der Waals surface area contributed by atoms with Crippen LogP contribution < -0.4 is 5.32 Å². The molecule has 5 heteroatoms. The van der Waals surface area contributed by atoms with Crippen LogP contribution in [0.2, 0.25) is 0 Å². The maximum absolute atomic E-state index is 12.7. The van der Waals surface area contributed by atoms with Crippen LogP contribution in [0.3, 0.4) is 0 Å². The van der Waals surface area contributed by atoms with Gasteiger partial charge in [-0.3, -0.25) is 0 Å². The van der Waals surface area contributed by atoms with Gasteiger partial charge in [0.1, 0.15) is 10.5 Å². The zero-order valence-corrected chi connectivity index (χ0v) is 10.2. The Morgan fingerprint density at radius 3 is 3.00 bits per heavy atom. The van der Waals surface area contributed by atoms with E-state index in [-0.39, 0.29) is 5.37 Å². The molecule has 0 radical (unpaired) electrons. The molecule has 3 rings (SSSR count). The molecule has 0 fully saturated rings. The summed E-state index contributed by atoms with van der Waals surface area (Å²) >= 11 is 7.56. The van der Waals surface area contributed by atoms with Crippen molar-refractivity contribution < 1.29 is 4.39 Å². The maximum atomic E-state index is 12.7. The third kappa shape index (κ3) is 2.10. The Morgan fingerprint density at radius 1 is 1.35 bits per heavy atom. The van der Waals surface area contributed by atoms with Gasteiger partial charge in [0.2, 0.25) is 5.95 Å². The molecule has 3 heterocycles. The molecule has 86 valence electrons. The summed E-state index contributed by atoms with van der Waals surface area (Å²) in [5, 5.41) is 3.95. The molecule has 0 saturated heterocycles. The highest BCUT2D eigenvalue weighted by atomic mass is 35.5. The van der Waals surface area contributed by atoms with Crippen LogP contribution in [-0.4, -0.2) is 10.4 Å². The second kappa shape index (κ2) is 4.20. The highest BCUT2D eigenvalue weighted by Crippen LogP contribution is 2.42. The molecule has 1 N–H and O–H groups in total. The molecule has 1 atom stereocenters.